The maximum Gasteiger partial charge on any atom is 0.248 e. The van der Waals surface area contributed by atoms with Gasteiger partial charge in [-0.05, 0) is 17.7 Å². The zero-order chi connectivity index (χ0) is 15.9. The van der Waals surface area contributed by atoms with Gasteiger partial charge in [0.1, 0.15) is 12.7 Å². The van der Waals surface area contributed by atoms with Gasteiger partial charge >= 0.3 is 0 Å². The smallest absolute Gasteiger partial charge is 0.248 e. The molecule has 7 heteroatoms. The second-order valence-electron chi connectivity index (χ2n) is 4.92. The van der Waals surface area contributed by atoms with Gasteiger partial charge in [-0.2, -0.15) is 0 Å². The van der Waals surface area contributed by atoms with Crippen LogP contribution in [0.25, 0.3) is 0 Å². The summed E-state index contributed by atoms with van der Waals surface area (Å²) in [5.74, 6) is -0.0514. The lowest BCUT2D eigenvalue weighted by Gasteiger charge is -2.33. The first-order valence-electron chi connectivity index (χ1n) is 7.03. The number of rotatable bonds is 6. The summed E-state index contributed by atoms with van der Waals surface area (Å²) < 4.78 is 15.9. The maximum absolute atomic E-state index is 12.1. The Balaban J connectivity index is 1.90. The summed E-state index contributed by atoms with van der Waals surface area (Å²) in [7, 11) is 1.59. The second-order valence-corrected chi connectivity index (χ2v) is 5.73. The molecule has 122 valence electrons. The van der Waals surface area contributed by atoms with E-state index in [1.165, 1.54) is 0 Å². The fourth-order valence-electron chi connectivity index (χ4n) is 2.18. The number of nitrogens with zero attached hydrogens (tertiary/aromatic N) is 1. The number of morpholine rings is 1. The lowest BCUT2D eigenvalue weighted by atomic mass is 10.1. The molecule has 1 aliphatic rings. The predicted octanol–water partition coefficient (Wildman–Crippen LogP) is 2.56. The summed E-state index contributed by atoms with van der Waals surface area (Å²) >= 11 is 11.9. The SMILES string of the molecule is COCCOCC(=O)N1CCO[C@H](c2ccc(Cl)c(Cl)c2)C1. The second kappa shape index (κ2) is 8.70. The van der Waals surface area contributed by atoms with Crippen LogP contribution in [0.4, 0.5) is 0 Å². The van der Waals surface area contributed by atoms with Gasteiger partial charge in [0.05, 0.1) is 36.4 Å². The van der Waals surface area contributed by atoms with E-state index in [1.54, 1.807) is 24.1 Å². The Morgan fingerprint density at radius 3 is 2.91 bits per heavy atom. The quantitative estimate of drug-likeness (QED) is 0.742. The molecule has 0 unspecified atom stereocenters. The topological polar surface area (TPSA) is 48.0 Å². The Hall–Kier alpha value is -0.850. The van der Waals surface area contributed by atoms with Gasteiger partial charge in [0.25, 0.3) is 0 Å². The molecule has 1 aromatic carbocycles. The van der Waals surface area contributed by atoms with Crippen molar-refractivity contribution in [3.8, 4) is 0 Å². The number of methoxy groups -OCH3 is 1. The normalized spacial score (nSPS) is 18.5. The third-order valence-electron chi connectivity index (χ3n) is 3.39. The lowest BCUT2D eigenvalue weighted by Crippen LogP contribution is -2.44. The first-order chi connectivity index (χ1) is 10.6. The molecule has 1 atom stereocenters. The number of benzene rings is 1. The third kappa shape index (κ3) is 4.83. The molecule has 1 heterocycles. The lowest BCUT2D eigenvalue weighted by molar-refractivity contribution is -0.144. The van der Waals surface area contributed by atoms with E-state index in [-0.39, 0.29) is 18.6 Å². The molecule has 0 aliphatic carbocycles. The summed E-state index contributed by atoms with van der Waals surface area (Å²) in [6, 6.07) is 5.37. The first-order valence-corrected chi connectivity index (χ1v) is 7.78. The number of hydrogen-bond acceptors (Lipinski definition) is 4. The zero-order valence-corrected chi connectivity index (χ0v) is 13.9. The maximum atomic E-state index is 12.1. The Morgan fingerprint density at radius 1 is 1.36 bits per heavy atom. The van der Waals surface area contributed by atoms with E-state index in [1.807, 2.05) is 6.07 Å². The molecule has 5 nitrogen and oxygen atoms in total. The largest absolute Gasteiger partial charge is 0.382 e. The molecule has 1 aliphatic heterocycles. The van der Waals surface area contributed by atoms with Crippen molar-refractivity contribution >= 4 is 29.1 Å². The highest BCUT2D eigenvalue weighted by molar-refractivity contribution is 6.42. The highest BCUT2D eigenvalue weighted by Crippen LogP contribution is 2.29. The van der Waals surface area contributed by atoms with Crippen LogP contribution in [-0.2, 0) is 19.0 Å². The first kappa shape index (κ1) is 17.5. The molecule has 0 radical (unpaired) electrons. The molecule has 22 heavy (non-hydrogen) atoms. The predicted molar refractivity (Wildman–Crippen MR) is 84.4 cm³/mol. The highest BCUT2D eigenvalue weighted by Gasteiger charge is 2.25. The molecule has 0 spiro atoms. The van der Waals surface area contributed by atoms with Gasteiger partial charge in [-0.3, -0.25) is 4.79 Å². The fraction of sp³-hybridized carbons (Fsp3) is 0.533. The molecule has 0 bridgehead atoms. The molecular formula is C15H19Cl2NO4. The van der Waals surface area contributed by atoms with Gasteiger partial charge in [-0.15, -0.1) is 0 Å². The minimum Gasteiger partial charge on any atom is -0.382 e. The van der Waals surface area contributed by atoms with Crippen LogP contribution in [0.1, 0.15) is 11.7 Å². The molecular weight excluding hydrogens is 329 g/mol. The Kier molecular flexibility index (Phi) is 6.92. The van der Waals surface area contributed by atoms with Crippen molar-refractivity contribution < 1.29 is 19.0 Å². The van der Waals surface area contributed by atoms with Crippen molar-refractivity contribution in [3.63, 3.8) is 0 Å². The van der Waals surface area contributed by atoms with E-state index in [0.717, 1.165) is 5.56 Å². The van der Waals surface area contributed by atoms with Crippen molar-refractivity contribution in [3.05, 3.63) is 33.8 Å². The number of carbonyl (C=O) groups excluding carboxylic acids is 1. The summed E-state index contributed by atoms with van der Waals surface area (Å²) in [6.45, 7) is 2.45. The van der Waals surface area contributed by atoms with Crippen molar-refractivity contribution in [2.45, 2.75) is 6.10 Å². The van der Waals surface area contributed by atoms with E-state index in [0.29, 0.717) is 43.0 Å². The number of ether oxygens (including phenoxy) is 3. The van der Waals surface area contributed by atoms with E-state index in [9.17, 15) is 4.79 Å². The zero-order valence-electron chi connectivity index (χ0n) is 12.4. The van der Waals surface area contributed by atoms with Crippen LogP contribution in [-0.4, -0.2) is 57.4 Å². The standard InChI is InChI=1S/C15H19Cl2NO4/c1-20-6-7-21-10-15(19)18-4-5-22-14(9-18)11-2-3-12(16)13(17)8-11/h2-3,8,14H,4-7,9-10H2,1H3/t14-/m0/s1. The number of carbonyl (C=O) groups is 1. The van der Waals surface area contributed by atoms with Crippen LogP contribution in [0.3, 0.4) is 0 Å². The van der Waals surface area contributed by atoms with Gasteiger partial charge in [-0.1, -0.05) is 29.3 Å². The summed E-state index contributed by atoms with van der Waals surface area (Å²) in [5, 5.41) is 0.981. The van der Waals surface area contributed by atoms with Crippen LogP contribution >= 0.6 is 23.2 Å². The van der Waals surface area contributed by atoms with Gasteiger partial charge in [0, 0.05) is 13.7 Å². The minimum atomic E-state index is -0.202. The summed E-state index contributed by atoms with van der Waals surface area (Å²) in [6.07, 6.45) is -0.202. The Labute approximate surface area is 140 Å². The Bertz CT molecular complexity index is 512. The van der Waals surface area contributed by atoms with Gasteiger partial charge in [0.2, 0.25) is 5.91 Å². The summed E-state index contributed by atoms with van der Waals surface area (Å²) in [5.41, 5.74) is 0.909. The van der Waals surface area contributed by atoms with Crippen molar-refractivity contribution in [2.75, 3.05) is 46.6 Å². The van der Waals surface area contributed by atoms with E-state index < -0.39 is 0 Å². The van der Waals surface area contributed by atoms with Gasteiger partial charge in [0.15, 0.2) is 0 Å². The molecule has 2 rings (SSSR count). The minimum absolute atomic E-state index is 0.0514. The molecule has 1 amide bonds. The van der Waals surface area contributed by atoms with Gasteiger partial charge in [-0.25, -0.2) is 0 Å². The summed E-state index contributed by atoms with van der Waals surface area (Å²) in [4.78, 5) is 13.9. The van der Waals surface area contributed by atoms with Crippen molar-refractivity contribution in [1.29, 1.82) is 0 Å². The fourth-order valence-corrected chi connectivity index (χ4v) is 2.49. The molecule has 0 saturated carbocycles. The van der Waals surface area contributed by atoms with Crippen LogP contribution in [0.2, 0.25) is 10.0 Å². The number of hydrogen-bond donors (Lipinski definition) is 0. The number of halogens is 2. The average molecular weight is 348 g/mol. The highest BCUT2D eigenvalue weighted by atomic mass is 35.5. The van der Waals surface area contributed by atoms with Crippen LogP contribution < -0.4 is 0 Å². The van der Waals surface area contributed by atoms with Crippen molar-refractivity contribution in [2.24, 2.45) is 0 Å². The van der Waals surface area contributed by atoms with Gasteiger partial charge < -0.3 is 19.1 Å². The van der Waals surface area contributed by atoms with E-state index >= 15 is 0 Å². The monoisotopic (exact) mass is 347 g/mol. The third-order valence-corrected chi connectivity index (χ3v) is 4.13. The average Bonchev–Trinajstić information content (AvgIpc) is 2.54. The molecule has 0 N–H and O–H groups in total. The van der Waals surface area contributed by atoms with Crippen LogP contribution in [0.5, 0.6) is 0 Å². The Morgan fingerprint density at radius 2 is 2.18 bits per heavy atom. The van der Waals surface area contributed by atoms with Crippen LogP contribution in [0.15, 0.2) is 18.2 Å². The number of amides is 1. The van der Waals surface area contributed by atoms with E-state index in [4.69, 9.17) is 37.4 Å². The van der Waals surface area contributed by atoms with Crippen molar-refractivity contribution in [1.82, 2.24) is 4.90 Å². The van der Waals surface area contributed by atoms with E-state index in [2.05, 4.69) is 0 Å². The molecule has 1 fully saturated rings. The van der Waals surface area contributed by atoms with Crippen LogP contribution in [0, 0.1) is 0 Å². The molecule has 1 saturated heterocycles. The molecule has 0 aromatic heterocycles. The molecule has 1 aromatic rings.